The second kappa shape index (κ2) is 5.82. The van der Waals surface area contributed by atoms with Crippen LogP contribution in [0.15, 0.2) is 23.3 Å². The van der Waals surface area contributed by atoms with E-state index in [1.54, 1.807) is 25.1 Å². The number of nitrogens with zero attached hydrogens (tertiary/aromatic N) is 2. The summed E-state index contributed by atoms with van der Waals surface area (Å²) in [6.07, 6.45) is 2.91. The molecule has 19 heavy (non-hydrogen) atoms. The number of amidine groups is 1. The number of anilines is 1. The molecule has 0 amide bonds. The van der Waals surface area contributed by atoms with E-state index in [1.165, 1.54) is 0 Å². The molecule has 1 N–H and O–H groups in total. The fraction of sp³-hybridized carbons (Fsp3) is 0.571. The summed E-state index contributed by atoms with van der Waals surface area (Å²) in [6, 6.07) is 4.18. The van der Waals surface area contributed by atoms with Crippen molar-refractivity contribution >= 4 is 22.6 Å². The van der Waals surface area contributed by atoms with Gasteiger partial charge in [-0.1, -0.05) is 32.5 Å². The first-order valence-electron chi connectivity index (χ1n) is 6.47. The van der Waals surface area contributed by atoms with Crippen molar-refractivity contribution in [2.45, 2.75) is 33.2 Å². The Morgan fingerprint density at radius 3 is 2.74 bits per heavy atom. The second-order valence-electron chi connectivity index (χ2n) is 5.67. The van der Waals surface area contributed by atoms with Gasteiger partial charge in [-0.05, 0) is 17.9 Å². The van der Waals surface area contributed by atoms with Crippen LogP contribution in [0.5, 0.6) is 5.88 Å². The summed E-state index contributed by atoms with van der Waals surface area (Å²) in [6.45, 7) is 6.72. The predicted molar refractivity (Wildman–Crippen MR) is 82.2 cm³/mol. The molecule has 0 saturated carbocycles. The molecule has 4 nitrogen and oxygen atoms in total. The molecule has 0 aromatic carbocycles. The van der Waals surface area contributed by atoms with Crippen molar-refractivity contribution in [2.75, 3.05) is 18.2 Å². The van der Waals surface area contributed by atoms with Crippen LogP contribution in [0, 0.1) is 5.41 Å². The lowest BCUT2D eigenvalue weighted by Gasteiger charge is -2.31. The van der Waals surface area contributed by atoms with Crippen LogP contribution in [0.2, 0.25) is 0 Å². The molecular weight excluding hydrogens is 258 g/mol. The van der Waals surface area contributed by atoms with E-state index in [4.69, 9.17) is 9.73 Å². The molecule has 2 heterocycles. The van der Waals surface area contributed by atoms with Gasteiger partial charge in [0.05, 0.1) is 25.0 Å². The van der Waals surface area contributed by atoms with E-state index in [0.29, 0.717) is 11.9 Å². The number of pyridine rings is 1. The van der Waals surface area contributed by atoms with Crippen LogP contribution in [-0.4, -0.2) is 29.1 Å². The van der Waals surface area contributed by atoms with E-state index in [9.17, 15) is 0 Å². The summed E-state index contributed by atoms with van der Waals surface area (Å²) in [5, 5.41) is 4.31. The SMILES string of the molecule is COc1ccc(NC2=NC(C(C)(C)C)CCS2)cn1. The highest BCUT2D eigenvalue weighted by Crippen LogP contribution is 2.31. The first-order valence-corrected chi connectivity index (χ1v) is 7.45. The lowest BCUT2D eigenvalue weighted by Crippen LogP contribution is -2.30. The zero-order valence-electron chi connectivity index (χ0n) is 11.9. The Kier molecular flexibility index (Phi) is 4.34. The van der Waals surface area contributed by atoms with Crippen molar-refractivity contribution in [1.82, 2.24) is 4.98 Å². The molecular formula is C14H21N3OS. The van der Waals surface area contributed by atoms with Gasteiger partial charge in [-0.15, -0.1) is 0 Å². The van der Waals surface area contributed by atoms with Crippen molar-refractivity contribution in [3.05, 3.63) is 18.3 Å². The van der Waals surface area contributed by atoms with Crippen molar-refractivity contribution in [3.8, 4) is 5.88 Å². The molecule has 0 bridgehead atoms. The average molecular weight is 279 g/mol. The Bertz CT molecular complexity index is 451. The summed E-state index contributed by atoms with van der Waals surface area (Å²) >= 11 is 1.77. The number of aromatic nitrogens is 1. The van der Waals surface area contributed by atoms with Crippen molar-refractivity contribution < 1.29 is 4.74 Å². The number of thioether (sulfide) groups is 1. The maximum atomic E-state index is 5.05. The topological polar surface area (TPSA) is 46.5 Å². The summed E-state index contributed by atoms with van der Waals surface area (Å²) in [7, 11) is 1.62. The molecule has 1 aliphatic rings. The van der Waals surface area contributed by atoms with Crippen LogP contribution in [0.4, 0.5) is 5.69 Å². The minimum absolute atomic E-state index is 0.214. The number of aliphatic imine (C=N–C) groups is 1. The smallest absolute Gasteiger partial charge is 0.213 e. The molecule has 1 unspecified atom stereocenters. The van der Waals surface area contributed by atoms with Crippen molar-refractivity contribution in [2.24, 2.45) is 10.4 Å². The molecule has 5 heteroatoms. The van der Waals surface area contributed by atoms with E-state index >= 15 is 0 Å². The molecule has 1 aromatic heterocycles. The quantitative estimate of drug-likeness (QED) is 0.901. The highest BCUT2D eigenvalue weighted by Gasteiger charge is 2.27. The summed E-state index contributed by atoms with van der Waals surface area (Å²) in [5.74, 6) is 1.73. The third kappa shape index (κ3) is 3.86. The van der Waals surface area contributed by atoms with Gasteiger partial charge in [0.1, 0.15) is 0 Å². The minimum Gasteiger partial charge on any atom is -0.481 e. The fourth-order valence-electron chi connectivity index (χ4n) is 1.90. The maximum Gasteiger partial charge on any atom is 0.213 e. The molecule has 0 aliphatic carbocycles. The number of ether oxygens (including phenoxy) is 1. The summed E-state index contributed by atoms with van der Waals surface area (Å²) < 4.78 is 5.05. The Morgan fingerprint density at radius 2 is 2.16 bits per heavy atom. The lowest BCUT2D eigenvalue weighted by molar-refractivity contribution is 0.316. The summed E-state index contributed by atoms with van der Waals surface area (Å²) in [4.78, 5) is 8.98. The largest absolute Gasteiger partial charge is 0.481 e. The van der Waals surface area contributed by atoms with Crippen LogP contribution in [-0.2, 0) is 0 Å². The van der Waals surface area contributed by atoms with Crippen molar-refractivity contribution in [3.63, 3.8) is 0 Å². The van der Waals surface area contributed by atoms with Crippen LogP contribution in [0.1, 0.15) is 27.2 Å². The van der Waals surface area contributed by atoms with E-state index in [0.717, 1.165) is 23.0 Å². The molecule has 0 spiro atoms. The number of hydrogen-bond donors (Lipinski definition) is 1. The molecule has 104 valence electrons. The van der Waals surface area contributed by atoms with Crippen LogP contribution in [0.25, 0.3) is 0 Å². The Morgan fingerprint density at radius 1 is 1.37 bits per heavy atom. The van der Waals surface area contributed by atoms with Crippen LogP contribution in [0.3, 0.4) is 0 Å². The molecule has 0 fully saturated rings. The van der Waals surface area contributed by atoms with Gasteiger partial charge in [0.25, 0.3) is 0 Å². The van der Waals surface area contributed by atoms with Crippen molar-refractivity contribution in [1.29, 1.82) is 0 Å². The highest BCUT2D eigenvalue weighted by molar-refractivity contribution is 8.14. The van der Waals surface area contributed by atoms with Gasteiger partial charge in [-0.3, -0.25) is 4.99 Å². The van der Waals surface area contributed by atoms with Crippen LogP contribution >= 0.6 is 11.8 Å². The maximum absolute atomic E-state index is 5.05. The summed E-state index contributed by atoms with van der Waals surface area (Å²) in [5.41, 5.74) is 1.16. The number of methoxy groups -OCH3 is 1. The van der Waals surface area contributed by atoms with Gasteiger partial charge in [0, 0.05) is 11.8 Å². The highest BCUT2D eigenvalue weighted by atomic mass is 32.2. The van der Waals surface area contributed by atoms with Gasteiger partial charge in [-0.25, -0.2) is 4.98 Å². The van der Waals surface area contributed by atoms with Gasteiger partial charge >= 0.3 is 0 Å². The number of nitrogens with one attached hydrogen (secondary N) is 1. The normalized spacial score (nSPS) is 19.8. The predicted octanol–water partition coefficient (Wildman–Crippen LogP) is 3.41. The molecule has 1 aliphatic heterocycles. The zero-order valence-corrected chi connectivity index (χ0v) is 12.8. The minimum atomic E-state index is 0.214. The lowest BCUT2D eigenvalue weighted by atomic mass is 9.85. The van der Waals surface area contributed by atoms with Crippen LogP contribution < -0.4 is 10.1 Å². The monoisotopic (exact) mass is 279 g/mol. The van der Waals surface area contributed by atoms with Gasteiger partial charge in [0.2, 0.25) is 5.88 Å². The Balaban J connectivity index is 2.07. The fourth-order valence-corrected chi connectivity index (χ4v) is 2.83. The number of hydrogen-bond acceptors (Lipinski definition) is 5. The van der Waals surface area contributed by atoms with E-state index in [1.807, 2.05) is 12.1 Å². The standard InChI is InChI=1S/C14H21N3OS/c1-14(2,3)11-7-8-19-13(17-11)16-10-5-6-12(18-4)15-9-10/h5-6,9,11H,7-8H2,1-4H3,(H,16,17). The average Bonchev–Trinajstić information content (AvgIpc) is 2.39. The molecule has 0 saturated heterocycles. The molecule has 1 atom stereocenters. The second-order valence-corrected chi connectivity index (χ2v) is 6.75. The molecule has 0 radical (unpaired) electrons. The third-order valence-corrected chi connectivity index (χ3v) is 4.02. The van der Waals surface area contributed by atoms with Gasteiger partial charge in [0.15, 0.2) is 5.17 Å². The number of rotatable bonds is 2. The van der Waals surface area contributed by atoms with E-state index < -0.39 is 0 Å². The van der Waals surface area contributed by atoms with E-state index in [-0.39, 0.29) is 5.41 Å². The third-order valence-electron chi connectivity index (χ3n) is 3.10. The Labute approximate surface area is 119 Å². The van der Waals surface area contributed by atoms with Gasteiger partial charge < -0.3 is 10.1 Å². The molecule has 2 rings (SSSR count). The first kappa shape index (κ1) is 14.2. The van der Waals surface area contributed by atoms with Gasteiger partial charge in [-0.2, -0.15) is 0 Å². The molecule has 1 aromatic rings. The zero-order chi connectivity index (χ0) is 13.9. The van der Waals surface area contributed by atoms with E-state index in [2.05, 4.69) is 31.1 Å². The first-order chi connectivity index (χ1) is 8.99. The Hall–Kier alpha value is -1.23.